The molecular formula is C16H12BrN3O3S. The van der Waals surface area contributed by atoms with Gasteiger partial charge in [0, 0.05) is 15.2 Å². The largest absolute Gasteiger partial charge is 0.396 e. The van der Waals surface area contributed by atoms with Gasteiger partial charge < -0.3 is 5.73 Å². The molecule has 8 heteroatoms. The summed E-state index contributed by atoms with van der Waals surface area (Å²) in [5, 5.41) is 8.93. The summed E-state index contributed by atoms with van der Waals surface area (Å²) >= 11 is 3.33. The predicted octanol–water partition coefficient (Wildman–Crippen LogP) is 4.85. The molecule has 0 spiro atoms. The third-order valence-corrected chi connectivity index (χ3v) is 4.77. The minimum absolute atomic E-state index is 0.168. The lowest BCUT2D eigenvalue weighted by Gasteiger charge is -2.09. The Kier molecular flexibility index (Phi) is 4.35. The Labute approximate surface area is 146 Å². The number of azo groups is 1. The van der Waals surface area contributed by atoms with Crippen LogP contribution in [0.1, 0.15) is 0 Å². The number of nitrogens with two attached hydrogens (primary N) is 1. The Bertz CT molecular complexity index is 1070. The van der Waals surface area contributed by atoms with Crippen molar-refractivity contribution in [3.8, 4) is 0 Å². The molecule has 0 heterocycles. The van der Waals surface area contributed by atoms with E-state index in [1.165, 1.54) is 6.07 Å². The third kappa shape index (κ3) is 3.30. The van der Waals surface area contributed by atoms with Gasteiger partial charge in [0.25, 0.3) is 10.1 Å². The molecule has 3 aromatic rings. The fraction of sp³-hybridized carbons (Fsp3) is 0. The molecule has 0 atom stereocenters. The first-order chi connectivity index (χ1) is 11.4. The van der Waals surface area contributed by atoms with E-state index in [4.69, 9.17) is 5.73 Å². The van der Waals surface area contributed by atoms with Gasteiger partial charge in [0.1, 0.15) is 10.6 Å². The molecule has 0 aromatic heterocycles. The first-order valence-electron chi connectivity index (χ1n) is 6.82. The van der Waals surface area contributed by atoms with Crippen LogP contribution in [0.2, 0.25) is 0 Å². The van der Waals surface area contributed by atoms with Gasteiger partial charge in [-0.3, -0.25) is 4.55 Å². The van der Waals surface area contributed by atoms with E-state index >= 15 is 0 Å². The highest BCUT2D eigenvalue weighted by Gasteiger charge is 2.18. The van der Waals surface area contributed by atoms with Crippen LogP contribution in [0.5, 0.6) is 0 Å². The Hall–Kier alpha value is -2.29. The summed E-state index contributed by atoms with van der Waals surface area (Å²) in [5.41, 5.74) is 7.12. The molecule has 0 saturated carbocycles. The van der Waals surface area contributed by atoms with Crippen LogP contribution in [-0.2, 0) is 10.1 Å². The van der Waals surface area contributed by atoms with E-state index < -0.39 is 10.1 Å². The van der Waals surface area contributed by atoms with Crippen LogP contribution in [0.25, 0.3) is 10.8 Å². The fourth-order valence-electron chi connectivity index (χ4n) is 2.30. The smallest absolute Gasteiger partial charge is 0.295 e. The summed E-state index contributed by atoms with van der Waals surface area (Å²) in [6.07, 6.45) is 0. The summed E-state index contributed by atoms with van der Waals surface area (Å²) in [4.78, 5) is -0.254. The molecule has 0 aliphatic carbocycles. The minimum atomic E-state index is -4.42. The first-order valence-corrected chi connectivity index (χ1v) is 9.05. The maximum atomic E-state index is 11.7. The summed E-state index contributed by atoms with van der Waals surface area (Å²) in [6.45, 7) is 0. The van der Waals surface area contributed by atoms with Crippen LogP contribution >= 0.6 is 15.9 Å². The van der Waals surface area contributed by atoms with Crippen LogP contribution in [0.3, 0.4) is 0 Å². The average Bonchev–Trinajstić information content (AvgIpc) is 2.53. The fourth-order valence-corrected chi connectivity index (χ4v) is 3.40. The molecular weight excluding hydrogens is 394 g/mol. The van der Waals surface area contributed by atoms with Gasteiger partial charge >= 0.3 is 0 Å². The van der Waals surface area contributed by atoms with Gasteiger partial charge in [0.05, 0.1) is 11.4 Å². The standard InChI is InChI=1S/C16H12BrN3O3S/c17-10-4-3-5-11(8-10)19-20-14-9-15(24(21,22)23)12-6-1-2-7-13(12)16(14)18/h1-9H,18H2,(H,21,22,23). The van der Waals surface area contributed by atoms with E-state index in [-0.39, 0.29) is 16.3 Å². The maximum Gasteiger partial charge on any atom is 0.295 e. The molecule has 0 aliphatic heterocycles. The summed E-state index contributed by atoms with van der Waals surface area (Å²) in [5.74, 6) is 0. The van der Waals surface area contributed by atoms with Gasteiger partial charge in [-0.05, 0) is 24.3 Å². The second-order valence-electron chi connectivity index (χ2n) is 5.01. The third-order valence-electron chi connectivity index (χ3n) is 3.39. The van der Waals surface area contributed by atoms with Crippen molar-refractivity contribution in [3.63, 3.8) is 0 Å². The Morgan fingerprint density at radius 2 is 1.67 bits per heavy atom. The van der Waals surface area contributed by atoms with Crippen LogP contribution < -0.4 is 5.73 Å². The predicted molar refractivity (Wildman–Crippen MR) is 96.5 cm³/mol. The number of hydrogen-bond acceptors (Lipinski definition) is 5. The molecule has 0 aliphatic rings. The highest BCUT2D eigenvalue weighted by Crippen LogP contribution is 2.36. The molecule has 122 valence electrons. The zero-order chi connectivity index (χ0) is 17.3. The number of rotatable bonds is 3. The minimum Gasteiger partial charge on any atom is -0.396 e. The van der Waals surface area contributed by atoms with E-state index in [9.17, 15) is 13.0 Å². The van der Waals surface area contributed by atoms with Crippen LogP contribution in [0, 0.1) is 0 Å². The molecule has 0 radical (unpaired) electrons. The molecule has 3 N–H and O–H groups in total. The Morgan fingerprint density at radius 3 is 2.33 bits per heavy atom. The highest BCUT2D eigenvalue weighted by molar-refractivity contribution is 9.10. The number of hydrogen-bond donors (Lipinski definition) is 2. The van der Waals surface area contributed by atoms with Crippen molar-refractivity contribution in [2.45, 2.75) is 4.90 Å². The molecule has 24 heavy (non-hydrogen) atoms. The molecule has 0 amide bonds. The van der Waals surface area contributed by atoms with E-state index in [1.807, 2.05) is 6.07 Å². The first kappa shape index (κ1) is 16.6. The molecule has 0 unspecified atom stereocenters. The average molecular weight is 406 g/mol. The van der Waals surface area contributed by atoms with Gasteiger partial charge in [-0.25, -0.2) is 0 Å². The van der Waals surface area contributed by atoms with E-state index in [0.717, 1.165) is 4.47 Å². The van der Waals surface area contributed by atoms with E-state index in [2.05, 4.69) is 26.2 Å². The summed E-state index contributed by atoms with van der Waals surface area (Å²) in [6, 6.07) is 15.0. The number of halogens is 1. The lowest BCUT2D eigenvalue weighted by atomic mass is 10.1. The van der Waals surface area contributed by atoms with Crippen molar-refractivity contribution in [1.29, 1.82) is 0 Å². The summed E-state index contributed by atoms with van der Waals surface area (Å²) in [7, 11) is -4.42. The van der Waals surface area contributed by atoms with Gasteiger partial charge in [0.2, 0.25) is 0 Å². The van der Waals surface area contributed by atoms with Gasteiger partial charge in [0.15, 0.2) is 0 Å². The van der Waals surface area contributed by atoms with Crippen molar-refractivity contribution in [3.05, 3.63) is 59.1 Å². The second-order valence-corrected chi connectivity index (χ2v) is 7.31. The maximum absolute atomic E-state index is 11.7. The summed E-state index contributed by atoms with van der Waals surface area (Å²) < 4.78 is 33.6. The molecule has 3 aromatic carbocycles. The van der Waals surface area contributed by atoms with Crippen LogP contribution in [-0.4, -0.2) is 13.0 Å². The molecule has 0 bridgehead atoms. The quantitative estimate of drug-likeness (QED) is 0.369. The highest BCUT2D eigenvalue weighted by atomic mass is 79.9. The van der Waals surface area contributed by atoms with Gasteiger partial charge in [-0.2, -0.15) is 13.5 Å². The zero-order valence-electron chi connectivity index (χ0n) is 12.2. The number of benzene rings is 3. The van der Waals surface area contributed by atoms with Crippen LogP contribution in [0.15, 0.2) is 74.2 Å². The molecule has 6 nitrogen and oxygen atoms in total. The zero-order valence-corrected chi connectivity index (χ0v) is 14.6. The van der Waals surface area contributed by atoms with Gasteiger partial charge in [-0.1, -0.05) is 46.3 Å². The number of nitrogens with zero attached hydrogens (tertiary/aromatic N) is 2. The van der Waals surface area contributed by atoms with Crippen LogP contribution in [0.4, 0.5) is 17.1 Å². The lowest BCUT2D eigenvalue weighted by molar-refractivity contribution is 0.484. The Balaban J connectivity index is 2.20. The normalized spacial score (nSPS) is 12.1. The van der Waals surface area contributed by atoms with Gasteiger partial charge in [-0.15, -0.1) is 5.11 Å². The van der Waals surface area contributed by atoms with E-state index in [1.54, 1.807) is 42.5 Å². The molecule has 3 rings (SSSR count). The lowest BCUT2D eigenvalue weighted by Crippen LogP contribution is -2.01. The molecule has 0 saturated heterocycles. The van der Waals surface area contributed by atoms with Crippen molar-refractivity contribution in [2.75, 3.05) is 5.73 Å². The number of nitrogen functional groups attached to an aromatic ring is 1. The topological polar surface area (TPSA) is 105 Å². The van der Waals surface area contributed by atoms with Crippen molar-refractivity contribution < 1.29 is 13.0 Å². The second kappa shape index (κ2) is 6.31. The number of fused-ring (bicyclic) bond motifs is 1. The Morgan fingerprint density at radius 1 is 0.958 bits per heavy atom. The van der Waals surface area contributed by atoms with Crippen molar-refractivity contribution in [2.24, 2.45) is 10.2 Å². The van der Waals surface area contributed by atoms with E-state index in [0.29, 0.717) is 16.5 Å². The SMILES string of the molecule is Nc1c(N=Nc2cccc(Br)c2)cc(S(=O)(=O)O)c2ccccc12. The monoisotopic (exact) mass is 405 g/mol. The van der Waals surface area contributed by atoms with Crippen molar-refractivity contribution >= 4 is 53.9 Å². The number of anilines is 1. The molecule has 0 fully saturated rings. The van der Waals surface area contributed by atoms with Crippen molar-refractivity contribution in [1.82, 2.24) is 0 Å².